The maximum Gasteiger partial charge on any atom is 0.341 e. The standard InChI is InChI=1S/C13H19NO2S/c1-8(2)7-16-13(15)11-9-5-3-4-6-10(9)17-12(11)14/h8H,3-7,14H2,1-2H3. The normalized spacial score (nSPS) is 14.8. The van der Waals surface area contributed by atoms with Gasteiger partial charge in [0.05, 0.1) is 12.2 Å². The van der Waals surface area contributed by atoms with Crippen molar-refractivity contribution in [1.29, 1.82) is 0 Å². The third-order valence-electron chi connectivity index (χ3n) is 2.95. The van der Waals surface area contributed by atoms with Crippen LogP contribution in [0.3, 0.4) is 0 Å². The predicted octanol–water partition coefficient (Wildman–Crippen LogP) is 3.02. The first-order valence-corrected chi connectivity index (χ1v) is 6.98. The Bertz CT molecular complexity index is 423. The number of esters is 1. The van der Waals surface area contributed by atoms with Crippen molar-refractivity contribution in [3.8, 4) is 0 Å². The minimum absolute atomic E-state index is 0.240. The number of thiophene rings is 1. The van der Waals surface area contributed by atoms with E-state index in [9.17, 15) is 4.79 Å². The zero-order chi connectivity index (χ0) is 12.4. The number of rotatable bonds is 3. The van der Waals surface area contributed by atoms with Crippen LogP contribution in [0.25, 0.3) is 0 Å². The van der Waals surface area contributed by atoms with E-state index in [2.05, 4.69) is 0 Å². The quantitative estimate of drug-likeness (QED) is 0.842. The average Bonchev–Trinajstić information content (AvgIpc) is 2.61. The molecule has 0 unspecified atom stereocenters. The van der Waals surface area contributed by atoms with Crippen LogP contribution in [0.2, 0.25) is 0 Å². The van der Waals surface area contributed by atoms with Crippen LogP contribution in [0.15, 0.2) is 0 Å². The molecule has 94 valence electrons. The van der Waals surface area contributed by atoms with Crippen molar-refractivity contribution in [1.82, 2.24) is 0 Å². The van der Waals surface area contributed by atoms with Gasteiger partial charge < -0.3 is 10.5 Å². The van der Waals surface area contributed by atoms with Crippen molar-refractivity contribution in [2.75, 3.05) is 12.3 Å². The summed E-state index contributed by atoms with van der Waals surface area (Å²) in [6.45, 7) is 4.52. The molecule has 0 atom stereocenters. The van der Waals surface area contributed by atoms with E-state index in [1.165, 1.54) is 11.3 Å². The average molecular weight is 253 g/mol. The van der Waals surface area contributed by atoms with E-state index in [1.807, 2.05) is 13.8 Å². The van der Waals surface area contributed by atoms with Gasteiger partial charge >= 0.3 is 5.97 Å². The Morgan fingerprint density at radius 2 is 2.12 bits per heavy atom. The Hall–Kier alpha value is -1.03. The number of nitrogen functional groups attached to an aromatic ring is 1. The maximum atomic E-state index is 12.0. The van der Waals surface area contributed by atoms with Gasteiger partial charge in [0.1, 0.15) is 5.00 Å². The maximum absolute atomic E-state index is 12.0. The van der Waals surface area contributed by atoms with E-state index >= 15 is 0 Å². The molecule has 0 aliphatic heterocycles. The van der Waals surface area contributed by atoms with Crippen LogP contribution < -0.4 is 5.73 Å². The first-order chi connectivity index (χ1) is 8.09. The highest BCUT2D eigenvalue weighted by Gasteiger charge is 2.25. The smallest absolute Gasteiger partial charge is 0.341 e. The van der Waals surface area contributed by atoms with Crippen molar-refractivity contribution in [3.05, 3.63) is 16.0 Å². The number of nitrogens with two attached hydrogens (primary N) is 1. The Morgan fingerprint density at radius 1 is 1.41 bits per heavy atom. The fraction of sp³-hybridized carbons (Fsp3) is 0.615. The largest absolute Gasteiger partial charge is 0.462 e. The monoisotopic (exact) mass is 253 g/mol. The van der Waals surface area contributed by atoms with Gasteiger partial charge in [0.15, 0.2) is 0 Å². The summed E-state index contributed by atoms with van der Waals surface area (Å²) in [6, 6.07) is 0. The lowest BCUT2D eigenvalue weighted by Crippen LogP contribution is -2.13. The van der Waals surface area contributed by atoms with E-state index < -0.39 is 0 Å². The molecular weight excluding hydrogens is 234 g/mol. The second-order valence-corrected chi connectivity index (χ2v) is 6.08. The van der Waals surface area contributed by atoms with Gasteiger partial charge in [-0.1, -0.05) is 13.8 Å². The van der Waals surface area contributed by atoms with Crippen LogP contribution in [-0.2, 0) is 17.6 Å². The number of anilines is 1. The van der Waals surface area contributed by atoms with E-state index in [0.29, 0.717) is 23.1 Å². The summed E-state index contributed by atoms with van der Waals surface area (Å²) in [5.41, 5.74) is 7.74. The van der Waals surface area contributed by atoms with Crippen LogP contribution >= 0.6 is 11.3 Å². The number of hydrogen-bond donors (Lipinski definition) is 1. The summed E-state index contributed by atoms with van der Waals surface area (Å²) < 4.78 is 5.28. The Labute approximate surface area is 106 Å². The molecule has 0 saturated carbocycles. The second-order valence-electron chi connectivity index (χ2n) is 4.94. The summed E-state index contributed by atoms with van der Waals surface area (Å²) in [5, 5.41) is 0.630. The molecule has 0 saturated heterocycles. The lowest BCUT2D eigenvalue weighted by Gasteiger charge is -2.13. The summed E-state index contributed by atoms with van der Waals surface area (Å²) in [5.74, 6) is 0.116. The van der Waals surface area contributed by atoms with Gasteiger partial charge in [0.25, 0.3) is 0 Å². The molecule has 3 nitrogen and oxygen atoms in total. The molecule has 0 radical (unpaired) electrons. The van der Waals surface area contributed by atoms with Gasteiger partial charge in [-0.05, 0) is 37.2 Å². The third kappa shape index (κ3) is 2.63. The first-order valence-electron chi connectivity index (χ1n) is 6.16. The number of carbonyl (C=O) groups excluding carboxylic acids is 1. The summed E-state index contributed by atoms with van der Waals surface area (Å²) in [4.78, 5) is 13.3. The van der Waals surface area contributed by atoms with Crippen LogP contribution in [-0.4, -0.2) is 12.6 Å². The minimum Gasteiger partial charge on any atom is -0.462 e. The highest BCUT2D eigenvalue weighted by molar-refractivity contribution is 7.16. The number of carbonyl (C=O) groups is 1. The van der Waals surface area contributed by atoms with Gasteiger partial charge in [-0.15, -0.1) is 11.3 Å². The Kier molecular flexibility index (Phi) is 3.72. The number of fused-ring (bicyclic) bond motifs is 1. The van der Waals surface area contributed by atoms with Gasteiger partial charge in [-0.25, -0.2) is 4.79 Å². The molecule has 1 aromatic rings. The number of ether oxygens (including phenoxy) is 1. The van der Waals surface area contributed by atoms with Crippen LogP contribution in [0.4, 0.5) is 5.00 Å². The van der Waals surface area contributed by atoms with Gasteiger partial charge in [-0.2, -0.15) is 0 Å². The molecule has 4 heteroatoms. The molecule has 1 aliphatic rings. The van der Waals surface area contributed by atoms with Crippen molar-refractivity contribution in [3.63, 3.8) is 0 Å². The van der Waals surface area contributed by atoms with Gasteiger partial charge in [0, 0.05) is 4.88 Å². The second kappa shape index (κ2) is 5.08. The summed E-state index contributed by atoms with van der Waals surface area (Å²) in [6.07, 6.45) is 4.37. The minimum atomic E-state index is -0.240. The van der Waals surface area contributed by atoms with Crippen LogP contribution in [0.5, 0.6) is 0 Å². The highest BCUT2D eigenvalue weighted by Crippen LogP contribution is 2.36. The van der Waals surface area contributed by atoms with Gasteiger partial charge in [-0.3, -0.25) is 0 Å². The van der Waals surface area contributed by atoms with E-state index in [4.69, 9.17) is 10.5 Å². The molecule has 0 spiro atoms. The van der Waals surface area contributed by atoms with Crippen LogP contribution in [0, 0.1) is 5.92 Å². The lowest BCUT2D eigenvalue weighted by molar-refractivity contribution is 0.0459. The van der Waals surface area contributed by atoms with E-state index in [1.54, 1.807) is 11.3 Å². The topological polar surface area (TPSA) is 52.3 Å². The van der Waals surface area contributed by atoms with Gasteiger partial charge in [0.2, 0.25) is 0 Å². The molecule has 17 heavy (non-hydrogen) atoms. The van der Waals surface area contributed by atoms with E-state index in [0.717, 1.165) is 24.8 Å². The van der Waals surface area contributed by atoms with Crippen molar-refractivity contribution < 1.29 is 9.53 Å². The fourth-order valence-electron chi connectivity index (χ4n) is 2.13. The number of aryl methyl sites for hydroxylation is 1. The highest BCUT2D eigenvalue weighted by atomic mass is 32.1. The molecule has 0 bridgehead atoms. The molecule has 1 aromatic heterocycles. The molecular formula is C13H19NO2S. The number of hydrogen-bond acceptors (Lipinski definition) is 4. The molecule has 2 rings (SSSR count). The Balaban J connectivity index is 2.19. The molecule has 0 aromatic carbocycles. The predicted molar refractivity (Wildman–Crippen MR) is 70.5 cm³/mol. The summed E-state index contributed by atoms with van der Waals surface area (Å²) in [7, 11) is 0. The zero-order valence-electron chi connectivity index (χ0n) is 10.4. The Morgan fingerprint density at radius 3 is 2.82 bits per heavy atom. The lowest BCUT2D eigenvalue weighted by atomic mass is 9.95. The SMILES string of the molecule is CC(C)COC(=O)c1c(N)sc2c1CCCC2. The fourth-order valence-corrected chi connectivity index (χ4v) is 3.27. The molecule has 0 fully saturated rings. The molecule has 1 heterocycles. The summed E-state index contributed by atoms with van der Waals surface area (Å²) >= 11 is 1.56. The molecule has 0 amide bonds. The first kappa shape index (κ1) is 12.4. The van der Waals surface area contributed by atoms with Crippen molar-refractivity contribution >= 4 is 22.3 Å². The van der Waals surface area contributed by atoms with E-state index in [-0.39, 0.29) is 5.97 Å². The van der Waals surface area contributed by atoms with Crippen LogP contribution in [0.1, 0.15) is 47.5 Å². The third-order valence-corrected chi connectivity index (χ3v) is 4.07. The molecule has 2 N–H and O–H groups in total. The van der Waals surface area contributed by atoms with Crippen molar-refractivity contribution in [2.45, 2.75) is 39.5 Å². The zero-order valence-corrected chi connectivity index (χ0v) is 11.2. The van der Waals surface area contributed by atoms with Crippen molar-refractivity contribution in [2.24, 2.45) is 5.92 Å². The molecule has 1 aliphatic carbocycles.